The SMILES string of the molecule is CC(C)C1C(=O)N(Cc2cccc(Cl)c2)CC2N1C(=O)CN(C)N2C(=O)NCc1ccccc1. The summed E-state index contributed by atoms with van der Waals surface area (Å²) < 4.78 is 0. The van der Waals surface area contributed by atoms with E-state index in [1.807, 2.05) is 62.4 Å². The molecule has 0 spiro atoms. The molecule has 2 unspecified atom stereocenters. The van der Waals surface area contributed by atoms with E-state index in [0.29, 0.717) is 18.1 Å². The molecule has 2 fully saturated rings. The Morgan fingerprint density at radius 1 is 1.09 bits per heavy atom. The highest BCUT2D eigenvalue weighted by molar-refractivity contribution is 6.30. The number of amides is 4. The molecule has 2 aliphatic rings. The molecule has 2 aliphatic heterocycles. The van der Waals surface area contributed by atoms with Crippen molar-refractivity contribution in [1.29, 1.82) is 0 Å². The van der Waals surface area contributed by atoms with E-state index in [4.69, 9.17) is 11.6 Å². The van der Waals surface area contributed by atoms with Gasteiger partial charge >= 0.3 is 6.03 Å². The number of halogens is 1. The average molecular weight is 484 g/mol. The Bertz CT molecular complexity index is 1060. The highest BCUT2D eigenvalue weighted by Gasteiger charge is 2.51. The summed E-state index contributed by atoms with van der Waals surface area (Å²) in [6.07, 6.45) is -0.605. The summed E-state index contributed by atoms with van der Waals surface area (Å²) >= 11 is 6.15. The normalized spacial score (nSPS) is 21.1. The number of benzene rings is 2. The van der Waals surface area contributed by atoms with E-state index in [0.717, 1.165) is 11.1 Å². The van der Waals surface area contributed by atoms with Gasteiger partial charge in [0.2, 0.25) is 11.8 Å². The van der Waals surface area contributed by atoms with Gasteiger partial charge in [-0.05, 0) is 29.2 Å². The van der Waals surface area contributed by atoms with Crippen LogP contribution >= 0.6 is 11.6 Å². The molecule has 2 aromatic rings. The molecule has 4 amide bonds. The van der Waals surface area contributed by atoms with E-state index in [2.05, 4.69) is 5.32 Å². The monoisotopic (exact) mass is 483 g/mol. The lowest BCUT2D eigenvalue weighted by molar-refractivity contribution is -0.190. The van der Waals surface area contributed by atoms with Crippen molar-refractivity contribution in [3.05, 3.63) is 70.7 Å². The number of carbonyl (C=O) groups excluding carboxylic acids is 3. The maximum atomic E-state index is 13.5. The predicted octanol–water partition coefficient (Wildman–Crippen LogP) is 2.93. The van der Waals surface area contributed by atoms with Crippen molar-refractivity contribution in [2.75, 3.05) is 20.1 Å². The van der Waals surface area contributed by atoms with Crippen LogP contribution in [0.25, 0.3) is 0 Å². The van der Waals surface area contributed by atoms with Crippen LogP contribution in [0, 0.1) is 5.92 Å². The molecule has 0 aliphatic carbocycles. The number of piperazine rings is 1. The van der Waals surface area contributed by atoms with Crippen LogP contribution in [0.3, 0.4) is 0 Å². The maximum absolute atomic E-state index is 13.5. The van der Waals surface area contributed by atoms with E-state index in [1.54, 1.807) is 32.9 Å². The summed E-state index contributed by atoms with van der Waals surface area (Å²) in [5, 5.41) is 6.76. The zero-order valence-electron chi connectivity index (χ0n) is 19.6. The zero-order valence-corrected chi connectivity index (χ0v) is 20.4. The van der Waals surface area contributed by atoms with Crippen LogP contribution in [0.2, 0.25) is 5.02 Å². The molecule has 0 bridgehead atoms. The van der Waals surface area contributed by atoms with E-state index in [9.17, 15) is 14.4 Å². The molecule has 2 saturated heterocycles. The third-order valence-electron chi connectivity index (χ3n) is 6.26. The predicted molar refractivity (Wildman–Crippen MR) is 129 cm³/mol. The van der Waals surface area contributed by atoms with Crippen LogP contribution in [0.4, 0.5) is 4.79 Å². The van der Waals surface area contributed by atoms with Gasteiger partial charge in [-0.2, -0.15) is 0 Å². The first-order chi connectivity index (χ1) is 16.3. The van der Waals surface area contributed by atoms with Crippen LogP contribution in [0.1, 0.15) is 25.0 Å². The number of carbonyl (C=O) groups is 3. The lowest BCUT2D eigenvalue weighted by Gasteiger charge is -2.55. The molecule has 4 rings (SSSR count). The molecule has 0 radical (unpaired) electrons. The Morgan fingerprint density at radius 3 is 2.47 bits per heavy atom. The molecule has 8 nitrogen and oxygen atoms in total. The fourth-order valence-electron chi connectivity index (χ4n) is 4.71. The van der Waals surface area contributed by atoms with Crippen LogP contribution in [-0.4, -0.2) is 70.0 Å². The first kappa shape index (κ1) is 24.0. The number of hydrogen-bond acceptors (Lipinski definition) is 4. The second-order valence-corrected chi connectivity index (χ2v) is 9.56. The largest absolute Gasteiger partial charge is 0.334 e. The quantitative estimate of drug-likeness (QED) is 0.709. The van der Waals surface area contributed by atoms with Gasteiger partial charge in [0.1, 0.15) is 12.2 Å². The molecule has 1 N–H and O–H groups in total. The molecular weight excluding hydrogens is 454 g/mol. The highest BCUT2D eigenvalue weighted by Crippen LogP contribution is 2.30. The van der Waals surface area contributed by atoms with Gasteiger partial charge in [-0.25, -0.2) is 14.8 Å². The number of hydrogen-bond donors (Lipinski definition) is 1. The molecule has 180 valence electrons. The molecule has 34 heavy (non-hydrogen) atoms. The van der Waals surface area contributed by atoms with Crippen molar-refractivity contribution in [2.45, 2.75) is 39.1 Å². The fourth-order valence-corrected chi connectivity index (χ4v) is 4.93. The van der Waals surface area contributed by atoms with Crippen LogP contribution in [-0.2, 0) is 22.7 Å². The number of fused-ring (bicyclic) bond motifs is 1. The Kier molecular flexibility index (Phi) is 7.09. The van der Waals surface area contributed by atoms with Crippen molar-refractivity contribution in [1.82, 2.24) is 25.1 Å². The number of hydrazine groups is 1. The Labute approximate surface area is 205 Å². The number of urea groups is 1. The summed E-state index contributed by atoms with van der Waals surface area (Å²) in [5.41, 5.74) is 1.87. The van der Waals surface area contributed by atoms with E-state index < -0.39 is 12.2 Å². The minimum Gasteiger partial charge on any atom is -0.333 e. The van der Waals surface area contributed by atoms with Gasteiger partial charge in [0, 0.05) is 25.2 Å². The third kappa shape index (κ3) is 4.88. The van der Waals surface area contributed by atoms with Crippen LogP contribution < -0.4 is 5.32 Å². The average Bonchev–Trinajstić information content (AvgIpc) is 2.79. The van der Waals surface area contributed by atoms with E-state index in [-0.39, 0.29) is 36.9 Å². The van der Waals surface area contributed by atoms with Gasteiger partial charge in [0.25, 0.3) is 0 Å². The Morgan fingerprint density at radius 2 is 1.79 bits per heavy atom. The second kappa shape index (κ2) is 10.0. The topological polar surface area (TPSA) is 76.2 Å². The van der Waals surface area contributed by atoms with E-state index >= 15 is 0 Å². The summed E-state index contributed by atoms with van der Waals surface area (Å²) in [6.45, 7) is 4.80. The van der Waals surface area contributed by atoms with Crippen molar-refractivity contribution in [3.63, 3.8) is 0 Å². The first-order valence-electron chi connectivity index (χ1n) is 11.4. The summed E-state index contributed by atoms with van der Waals surface area (Å²) in [5.74, 6) is -0.387. The van der Waals surface area contributed by atoms with Gasteiger partial charge in [-0.1, -0.05) is 67.9 Å². The third-order valence-corrected chi connectivity index (χ3v) is 6.50. The minimum atomic E-state index is -0.649. The lowest BCUT2D eigenvalue weighted by Crippen LogP contribution is -2.76. The minimum absolute atomic E-state index is 0.0278. The summed E-state index contributed by atoms with van der Waals surface area (Å²) in [4.78, 5) is 43.2. The molecule has 0 aromatic heterocycles. The van der Waals surface area contributed by atoms with E-state index in [1.165, 1.54) is 0 Å². The fraction of sp³-hybridized carbons (Fsp3) is 0.400. The van der Waals surface area contributed by atoms with Crippen molar-refractivity contribution in [2.24, 2.45) is 5.92 Å². The number of nitrogens with zero attached hydrogens (tertiary/aromatic N) is 4. The summed E-state index contributed by atoms with van der Waals surface area (Å²) in [6, 6.07) is 16.1. The Balaban J connectivity index is 1.61. The highest BCUT2D eigenvalue weighted by atomic mass is 35.5. The van der Waals surface area contributed by atoms with Crippen molar-refractivity contribution >= 4 is 29.4 Å². The summed E-state index contributed by atoms with van der Waals surface area (Å²) in [7, 11) is 1.72. The molecule has 2 aromatic carbocycles. The van der Waals surface area contributed by atoms with Crippen LogP contribution in [0.5, 0.6) is 0 Å². The standard InChI is InChI=1S/C25H30ClN5O3/c1-17(2)23-24(33)29(14-19-10-7-11-20(26)12-19)15-21-30(23)22(32)16-28(3)31(21)25(34)27-13-18-8-5-4-6-9-18/h4-12,17,21,23H,13-16H2,1-3H3,(H,27,34). The van der Waals surface area contributed by atoms with Gasteiger partial charge in [0.05, 0.1) is 13.1 Å². The van der Waals surface area contributed by atoms with Gasteiger partial charge < -0.3 is 15.1 Å². The van der Waals surface area contributed by atoms with Crippen LogP contribution in [0.15, 0.2) is 54.6 Å². The number of rotatable bonds is 5. The first-order valence-corrected chi connectivity index (χ1v) is 11.8. The van der Waals surface area contributed by atoms with Crippen molar-refractivity contribution < 1.29 is 14.4 Å². The maximum Gasteiger partial charge on any atom is 0.334 e. The Hall–Kier alpha value is -3.10. The van der Waals surface area contributed by atoms with Gasteiger partial charge in [-0.3, -0.25) is 9.59 Å². The molecule has 9 heteroatoms. The molecule has 2 heterocycles. The van der Waals surface area contributed by atoms with Crippen molar-refractivity contribution in [3.8, 4) is 0 Å². The zero-order chi connectivity index (χ0) is 24.4. The van der Waals surface area contributed by atoms with Gasteiger partial charge in [-0.15, -0.1) is 0 Å². The number of nitrogens with one attached hydrogen (secondary N) is 1. The van der Waals surface area contributed by atoms with Gasteiger partial charge in [0.15, 0.2) is 0 Å². The molecular formula is C25H30ClN5O3. The smallest absolute Gasteiger partial charge is 0.333 e. The second-order valence-electron chi connectivity index (χ2n) is 9.12. The molecule has 0 saturated carbocycles. The number of likely N-dealkylation sites (N-methyl/N-ethyl adjacent to an activating group) is 1. The molecule has 2 atom stereocenters. The lowest BCUT2D eigenvalue weighted by atomic mass is 9.96.